The summed E-state index contributed by atoms with van der Waals surface area (Å²) >= 11 is 0. The van der Waals surface area contributed by atoms with Gasteiger partial charge in [-0.1, -0.05) is 38.3 Å². The molecule has 86 valence electrons. The van der Waals surface area contributed by atoms with E-state index in [9.17, 15) is 0 Å². The van der Waals surface area contributed by atoms with Crippen molar-refractivity contribution in [2.75, 3.05) is 5.73 Å². The highest BCUT2D eigenvalue weighted by atomic mass is 14.8. The monoisotopic (exact) mass is 216 g/mol. The van der Waals surface area contributed by atoms with Crippen molar-refractivity contribution in [3.05, 3.63) is 29.8 Å². The minimum absolute atomic E-state index is 0.748. The lowest BCUT2D eigenvalue weighted by atomic mass is 10.1. The molecule has 2 aromatic rings. The van der Waals surface area contributed by atoms with Gasteiger partial charge in [-0.25, -0.2) is 0 Å². The Morgan fingerprint density at radius 1 is 1.12 bits per heavy atom. The largest absolute Gasteiger partial charge is 0.385 e. The van der Waals surface area contributed by atoms with Gasteiger partial charge in [0.1, 0.15) is 5.82 Å². The van der Waals surface area contributed by atoms with Gasteiger partial charge in [0.05, 0.1) is 0 Å². The van der Waals surface area contributed by atoms with E-state index in [2.05, 4.69) is 30.1 Å². The Morgan fingerprint density at radius 3 is 2.81 bits per heavy atom. The molecule has 2 rings (SSSR count). The molecule has 0 radical (unpaired) electrons. The van der Waals surface area contributed by atoms with Crippen LogP contribution in [0.3, 0.4) is 0 Å². The van der Waals surface area contributed by atoms with Gasteiger partial charge in [0.15, 0.2) is 0 Å². The molecule has 0 aliphatic heterocycles. The number of H-pyrrole nitrogens is 1. The molecule has 0 spiro atoms. The van der Waals surface area contributed by atoms with Crippen LogP contribution in [0, 0.1) is 0 Å². The molecule has 2 heteroatoms. The molecule has 0 aliphatic carbocycles. The zero-order chi connectivity index (χ0) is 11.4. The molecule has 1 heterocycles. The van der Waals surface area contributed by atoms with Crippen molar-refractivity contribution >= 4 is 16.7 Å². The number of rotatable bonds is 5. The number of aryl methyl sites for hydroxylation is 1. The Kier molecular flexibility index (Phi) is 3.50. The van der Waals surface area contributed by atoms with Crippen molar-refractivity contribution in [3.8, 4) is 0 Å². The molecule has 2 nitrogen and oxygen atoms in total. The molecule has 16 heavy (non-hydrogen) atoms. The van der Waals surface area contributed by atoms with Crippen molar-refractivity contribution in [2.24, 2.45) is 0 Å². The molecule has 1 aromatic carbocycles. The fourth-order valence-corrected chi connectivity index (χ4v) is 2.11. The van der Waals surface area contributed by atoms with Crippen molar-refractivity contribution in [2.45, 2.75) is 39.0 Å². The fraction of sp³-hybridized carbons (Fsp3) is 0.429. The highest BCUT2D eigenvalue weighted by molar-refractivity contribution is 5.83. The Hall–Kier alpha value is -1.44. The third-order valence-electron chi connectivity index (χ3n) is 3.03. The summed E-state index contributed by atoms with van der Waals surface area (Å²) in [7, 11) is 0. The second-order valence-corrected chi connectivity index (χ2v) is 4.46. The van der Waals surface area contributed by atoms with E-state index in [1.165, 1.54) is 43.1 Å². The zero-order valence-electron chi connectivity index (χ0n) is 9.92. The van der Waals surface area contributed by atoms with Gasteiger partial charge in [-0.3, -0.25) is 0 Å². The Labute approximate surface area is 96.9 Å². The third kappa shape index (κ3) is 2.57. The van der Waals surface area contributed by atoms with Crippen LogP contribution in [-0.4, -0.2) is 4.98 Å². The van der Waals surface area contributed by atoms with Crippen molar-refractivity contribution in [1.29, 1.82) is 0 Å². The predicted octanol–water partition coefficient (Wildman–Crippen LogP) is 3.87. The molecule has 0 atom stereocenters. The molecule has 0 aliphatic rings. The molecule has 0 amide bonds. The first-order chi connectivity index (χ1) is 7.79. The minimum atomic E-state index is 0.748. The normalized spacial score (nSPS) is 11.1. The van der Waals surface area contributed by atoms with Crippen LogP contribution in [0.15, 0.2) is 24.3 Å². The van der Waals surface area contributed by atoms with E-state index in [-0.39, 0.29) is 0 Å². The lowest BCUT2D eigenvalue weighted by molar-refractivity contribution is 0.667. The van der Waals surface area contributed by atoms with Crippen LogP contribution in [0.4, 0.5) is 5.82 Å². The van der Waals surface area contributed by atoms with Crippen molar-refractivity contribution in [3.63, 3.8) is 0 Å². The van der Waals surface area contributed by atoms with Gasteiger partial charge in [-0.2, -0.15) is 0 Å². The molecule has 0 saturated carbocycles. The Morgan fingerprint density at radius 2 is 2.00 bits per heavy atom. The smallest absolute Gasteiger partial charge is 0.101 e. The van der Waals surface area contributed by atoms with E-state index in [0.717, 1.165) is 11.3 Å². The Balaban J connectivity index is 2.02. The van der Waals surface area contributed by atoms with Crippen LogP contribution in [0.1, 0.15) is 38.2 Å². The quantitative estimate of drug-likeness (QED) is 0.732. The molecule has 0 fully saturated rings. The number of hydrogen-bond acceptors (Lipinski definition) is 1. The lowest BCUT2D eigenvalue weighted by Gasteiger charge is -2.01. The number of nitrogens with one attached hydrogen (secondary N) is 1. The highest BCUT2D eigenvalue weighted by Gasteiger charge is 1.99. The average molecular weight is 216 g/mol. The summed E-state index contributed by atoms with van der Waals surface area (Å²) in [6.45, 7) is 2.24. The third-order valence-corrected chi connectivity index (χ3v) is 3.03. The van der Waals surface area contributed by atoms with E-state index in [4.69, 9.17) is 5.73 Å². The van der Waals surface area contributed by atoms with Crippen LogP contribution in [0.2, 0.25) is 0 Å². The lowest BCUT2D eigenvalue weighted by Crippen LogP contribution is -1.86. The van der Waals surface area contributed by atoms with E-state index in [0.29, 0.717) is 0 Å². The molecular formula is C14H20N2. The van der Waals surface area contributed by atoms with Gasteiger partial charge < -0.3 is 10.7 Å². The maximum atomic E-state index is 5.72. The summed E-state index contributed by atoms with van der Waals surface area (Å²) in [5.74, 6) is 0.748. The van der Waals surface area contributed by atoms with Crippen LogP contribution in [0.25, 0.3) is 10.9 Å². The SMILES string of the molecule is CCCCCCc1ccc2cc(N)[nH]c2c1. The topological polar surface area (TPSA) is 41.8 Å². The second kappa shape index (κ2) is 5.06. The summed E-state index contributed by atoms with van der Waals surface area (Å²) in [5.41, 5.74) is 8.29. The number of fused-ring (bicyclic) bond motifs is 1. The summed E-state index contributed by atoms with van der Waals surface area (Å²) in [6.07, 6.45) is 6.44. The summed E-state index contributed by atoms with van der Waals surface area (Å²) < 4.78 is 0. The first-order valence-electron chi connectivity index (χ1n) is 6.16. The molecule has 1 aromatic heterocycles. The predicted molar refractivity (Wildman–Crippen MR) is 70.6 cm³/mol. The zero-order valence-corrected chi connectivity index (χ0v) is 9.92. The number of aromatic nitrogens is 1. The van der Waals surface area contributed by atoms with E-state index >= 15 is 0 Å². The number of unbranched alkanes of at least 4 members (excludes halogenated alkanes) is 3. The van der Waals surface area contributed by atoms with E-state index in [1.807, 2.05) is 6.07 Å². The molecular weight excluding hydrogens is 196 g/mol. The van der Waals surface area contributed by atoms with Gasteiger partial charge in [-0.05, 0) is 30.5 Å². The van der Waals surface area contributed by atoms with Crippen LogP contribution >= 0.6 is 0 Å². The number of hydrogen-bond donors (Lipinski definition) is 2. The summed E-state index contributed by atoms with van der Waals surface area (Å²) in [6, 6.07) is 8.56. The minimum Gasteiger partial charge on any atom is -0.385 e. The standard InChI is InChI=1S/C14H20N2/c1-2-3-4-5-6-11-7-8-12-10-14(15)16-13(12)9-11/h7-10,16H,2-6,15H2,1H3. The summed E-state index contributed by atoms with van der Waals surface area (Å²) in [5, 5.41) is 1.20. The van der Waals surface area contributed by atoms with Gasteiger partial charge >= 0.3 is 0 Å². The van der Waals surface area contributed by atoms with Gasteiger partial charge in [0.2, 0.25) is 0 Å². The van der Waals surface area contributed by atoms with Gasteiger partial charge in [0, 0.05) is 10.9 Å². The maximum Gasteiger partial charge on any atom is 0.101 e. The second-order valence-electron chi connectivity index (χ2n) is 4.46. The fourth-order valence-electron chi connectivity index (χ4n) is 2.11. The number of aromatic amines is 1. The molecule has 0 saturated heterocycles. The number of anilines is 1. The summed E-state index contributed by atoms with van der Waals surface area (Å²) in [4.78, 5) is 3.18. The van der Waals surface area contributed by atoms with Crippen LogP contribution in [0.5, 0.6) is 0 Å². The van der Waals surface area contributed by atoms with Crippen LogP contribution < -0.4 is 5.73 Å². The van der Waals surface area contributed by atoms with Crippen molar-refractivity contribution < 1.29 is 0 Å². The molecule has 0 bridgehead atoms. The number of benzene rings is 1. The van der Waals surface area contributed by atoms with E-state index < -0.39 is 0 Å². The highest BCUT2D eigenvalue weighted by Crippen LogP contribution is 2.19. The number of nitrogen functional groups attached to an aromatic ring is 1. The Bertz CT molecular complexity index is 457. The van der Waals surface area contributed by atoms with Gasteiger partial charge in [0.25, 0.3) is 0 Å². The van der Waals surface area contributed by atoms with Crippen LogP contribution in [-0.2, 0) is 6.42 Å². The van der Waals surface area contributed by atoms with Gasteiger partial charge in [-0.15, -0.1) is 0 Å². The first kappa shape index (κ1) is 11.1. The molecule has 3 N–H and O–H groups in total. The molecule has 0 unspecified atom stereocenters. The average Bonchev–Trinajstić information content (AvgIpc) is 2.64. The van der Waals surface area contributed by atoms with Crippen molar-refractivity contribution in [1.82, 2.24) is 4.98 Å². The number of nitrogens with two attached hydrogens (primary N) is 1. The van der Waals surface area contributed by atoms with E-state index in [1.54, 1.807) is 0 Å². The first-order valence-corrected chi connectivity index (χ1v) is 6.16. The maximum absolute atomic E-state index is 5.72.